The first kappa shape index (κ1) is 18.1. The summed E-state index contributed by atoms with van der Waals surface area (Å²) in [7, 11) is 0. The van der Waals surface area contributed by atoms with E-state index in [0.717, 1.165) is 0 Å². The third-order valence-corrected chi connectivity index (χ3v) is 3.51. The number of alkyl halides is 3. The highest BCUT2D eigenvalue weighted by atomic mass is 32.1. The minimum Gasteiger partial charge on any atom is -0.395 e. The van der Waals surface area contributed by atoms with Crippen LogP contribution >= 0.6 is 12.2 Å². The molecule has 0 heterocycles. The molecule has 0 aliphatic heterocycles. The number of nitrogens with two attached hydrogens (primary N) is 1. The van der Waals surface area contributed by atoms with Crippen molar-refractivity contribution >= 4 is 23.1 Å². The van der Waals surface area contributed by atoms with Gasteiger partial charge in [0.2, 0.25) is 5.91 Å². The zero-order valence-corrected chi connectivity index (χ0v) is 11.8. The van der Waals surface area contributed by atoms with Crippen molar-refractivity contribution in [3.63, 3.8) is 0 Å². The zero-order chi connectivity index (χ0) is 15.3. The summed E-state index contributed by atoms with van der Waals surface area (Å²) >= 11 is 4.83. The molecule has 1 amide bonds. The van der Waals surface area contributed by atoms with E-state index in [0.29, 0.717) is 4.90 Å². The molecular formula is C11H19F3N2O2S. The van der Waals surface area contributed by atoms with Crippen LogP contribution in [0.5, 0.6) is 0 Å². The average Bonchev–Trinajstić information content (AvgIpc) is 2.28. The molecule has 0 aromatic carbocycles. The van der Waals surface area contributed by atoms with E-state index in [-0.39, 0.29) is 17.8 Å². The number of carbonyl (C=O) groups is 1. The molecule has 19 heavy (non-hydrogen) atoms. The normalized spacial score (nSPS) is 12.3. The van der Waals surface area contributed by atoms with Crippen molar-refractivity contribution in [2.45, 2.75) is 32.9 Å². The van der Waals surface area contributed by atoms with Crippen LogP contribution in [0.3, 0.4) is 0 Å². The third kappa shape index (κ3) is 4.61. The van der Waals surface area contributed by atoms with Gasteiger partial charge in [-0.15, -0.1) is 0 Å². The Morgan fingerprint density at radius 1 is 1.32 bits per heavy atom. The molecule has 0 radical (unpaired) electrons. The molecule has 0 saturated heterocycles. The number of aliphatic hydroxyl groups excluding tert-OH is 1. The second kappa shape index (κ2) is 7.04. The van der Waals surface area contributed by atoms with Crippen LogP contribution in [0.25, 0.3) is 0 Å². The minimum absolute atomic E-state index is 0.118. The highest BCUT2D eigenvalue weighted by Gasteiger charge is 2.43. The van der Waals surface area contributed by atoms with Gasteiger partial charge in [-0.25, -0.2) is 0 Å². The molecule has 8 heteroatoms. The first-order valence-electron chi connectivity index (χ1n) is 5.91. The predicted octanol–water partition coefficient (Wildman–Crippen LogP) is 1.46. The summed E-state index contributed by atoms with van der Waals surface area (Å²) in [6, 6.07) is 0. The molecule has 0 bridgehead atoms. The maximum atomic E-state index is 12.4. The molecule has 3 N–H and O–H groups in total. The maximum Gasteiger partial charge on any atom is 0.406 e. The minimum atomic E-state index is -4.53. The van der Waals surface area contributed by atoms with Crippen LogP contribution < -0.4 is 5.73 Å². The Kier molecular flexibility index (Phi) is 6.71. The highest BCUT2D eigenvalue weighted by molar-refractivity contribution is 7.80. The SMILES string of the molecule is CCC(CC)(C(=O)N(CCO)CC(F)(F)F)C(N)=S. The summed E-state index contributed by atoms with van der Waals surface area (Å²) in [5.41, 5.74) is 4.25. The van der Waals surface area contributed by atoms with Crippen LogP contribution in [0.4, 0.5) is 13.2 Å². The van der Waals surface area contributed by atoms with Crippen LogP contribution in [-0.4, -0.2) is 46.8 Å². The van der Waals surface area contributed by atoms with Crippen molar-refractivity contribution in [3.8, 4) is 0 Å². The molecule has 0 aliphatic carbocycles. The number of hydrogen-bond acceptors (Lipinski definition) is 3. The number of hydrogen-bond donors (Lipinski definition) is 2. The molecule has 0 rings (SSSR count). The number of rotatable bonds is 7. The summed E-state index contributed by atoms with van der Waals surface area (Å²) in [4.78, 5) is 12.7. The molecule has 0 aliphatic rings. The number of carbonyl (C=O) groups excluding carboxylic acids is 1. The molecular weight excluding hydrogens is 281 g/mol. The van der Waals surface area contributed by atoms with Crippen LogP contribution in [0.2, 0.25) is 0 Å². The topological polar surface area (TPSA) is 66.6 Å². The first-order valence-corrected chi connectivity index (χ1v) is 6.32. The van der Waals surface area contributed by atoms with Crippen molar-refractivity contribution in [3.05, 3.63) is 0 Å². The lowest BCUT2D eigenvalue weighted by Gasteiger charge is -2.35. The van der Waals surface area contributed by atoms with Crippen molar-refractivity contribution < 1.29 is 23.1 Å². The fourth-order valence-electron chi connectivity index (χ4n) is 1.90. The predicted molar refractivity (Wildman–Crippen MR) is 69.5 cm³/mol. The molecule has 0 fully saturated rings. The van der Waals surface area contributed by atoms with Crippen molar-refractivity contribution in [1.82, 2.24) is 4.90 Å². The molecule has 0 aromatic rings. The van der Waals surface area contributed by atoms with Crippen LogP contribution in [-0.2, 0) is 4.79 Å². The van der Waals surface area contributed by atoms with Gasteiger partial charge in [0.1, 0.15) is 6.54 Å². The van der Waals surface area contributed by atoms with Gasteiger partial charge in [0.05, 0.1) is 17.0 Å². The standard InChI is InChI=1S/C11H19F3N2O2S/c1-3-10(4-2,8(15)19)9(18)16(5-6-17)7-11(12,13)14/h17H,3-7H2,1-2H3,(H2,15,19). The van der Waals surface area contributed by atoms with E-state index in [1.54, 1.807) is 13.8 Å². The van der Waals surface area contributed by atoms with Crippen molar-refractivity contribution in [2.75, 3.05) is 19.7 Å². The summed E-state index contributed by atoms with van der Waals surface area (Å²) in [5, 5.41) is 8.81. The van der Waals surface area contributed by atoms with Crippen LogP contribution in [0.15, 0.2) is 0 Å². The van der Waals surface area contributed by atoms with Crippen molar-refractivity contribution in [2.24, 2.45) is 11.1 Å². The molecule has 0 saturated carbocycles. The molecule has 0 atom stereocenters. The zero-order valence-electron chi connectivity index (χ0n) is 11.0. The monoisotopic (exact) mass is 300 g/mol. The molecule has 112 valence electrons. The summed E-state index contributed by atoms with van der Waals surface area (Å²) < 4.78 is 37.3. The lowest BCUT2D eigenvalue weighted by Crippen LogP contribution is -2.53. The van der Waals surface area contributed by atoms with E-state index in [9.17, 15) is 18.0 Å². The van der Waals surface area contributed by atoms with Gasteiger partial charge in [-0.2, -0.15) is 13.2 Å². The fourth-order valence-corrected chi connectivity index (χ4v) is 2.27. The van der Waals surface area contributed by atoms with Gasteiger partial charge in [-0.1, -0.05) is 26.1 Å². The number of aliphatic hydroxyl groups is 1. The quantitative estimate of drug-likeness (QED) is 0.699. The Morgan fingerprint density at radius 2 is 1.79 bits per heavy atom. The Hall–Kier alpha value is -0.890. The average molecular weight is 300 g/mol. The van der Waals surface area contributed by atoms with Crippen molar-refractivity contribution in [1.29, 1.82) is 0 Å². The maximum absolute atomic E-state index is 12.4. The van der Waals surface area contributed by atoms with E-state index in [4.69, 9.17) is 23.1 Å². The second-order valence-electron chi connectivity index (χ2n) is 4.22. The van der Waals surface area contributed by atoms with Gasteiger partial charge >= 0.3 is 6.18 Å². The van der Waals surface area contributed by atoms with Gasteiger partial charge < -0.3 is 15.7 Å². The van der Waals surface area contributed by atoms with Gasteiger partial charge in [0.25, 0.3) is 0 Å². The summed E-state index contributed by atoms with van der Waals surface area (Å²) in [6.07, 6.45) is -4.09. The molecule has 0 unspecified atom stereocenters. The lowest BCUT2D eigenvalue weighted by atomic mass is 9.80. The third-order valence-electron chi connectivity index (χ3n) is 3.12. The van der Waals surface area contributed by atoms with Crippen LogP contribution in [0, 0.1) is 5.41 Å². The fraction of sp³-hybridized carbons (Fsp3) is 0.818. The molecule has 0 aromatic heterocycles. The largest absolute Gasteiger partial charge is 0.406 e. The Labute approximate surface area is 115 Å². The van der Waals surface area contributed by atoms with E-state index in [1.165, 1.54) is 0 Å². The highest BCUT2D eigenvalue weighted by Crippen LogP contribution is 2.31. The van der Waals surface area contributed by atoms with E-state index in [1.807, 2.05) is 0 Å². The first-order chi connectivity index (χ1) is 8.64. The van der Waals surface area contributed by atoms with Gasteiger partial charge in [-0.05, 0) is 12.8 Å². The summed E-state index contributed by atoms with van der Waals surface area (Å²) in [6.45, 7) is 0.915. The summed E-state index contributed by atoms with van der Waals surface area (Å²) in [5.74, 6) is -0.781. The number of halogens is 3. The molecule has 4 nitrogen and oxygen atoms in total. The number of amides is 1. The van der Waals surface area contributed by atoms with Gasteiger partial charge in [-0.3, -0.25) is 4.79 Å². The Morgan fingerprint density at radius 3 is 2.05 bits per heavy atom. The van der Waals surface area contributed by atoms with E-state index in [2.05, 4.69) is 0 Å². The lowest BCUT2D eigenvalue weighted by molar-refractivity contribution is -0.166. The van der Waals surface area contributed by atoms with E-state index < -0.39 is 37.2 Å². The van der Waals surface area contributed by atoms with Gasteiger partial charge in [0.15, 0.2) is 0 Å². The Balaban J connectivity index is 5.31. The second-order valence-corrected chi connectivity index (χ2v) is 4.66. The smallest absolute Gasteiger partial charge is 0.395 e. The molecule has 0 spiro atoms. The van der Waals surface area contributed by atoms with Crippen LogP contribution in [0.1, 0.15) is 26.7 Å². The van der Waals surface area contributed by atoms with E-state index >= 15 is 0 Å². The Bertz CT molecular complexity index is 330. The van der Waals surface area contributed by atoms with Gasteiger partial charge in [0, 0.05) is 6.54 Å². The number of thiocarbonyl (C=S) groups is 1. The number of nitrogens with zero attached hydrogens (tertiary/aromatic N) is 1.